The van der Waals surface area contributed by atoms with E-state index in [0.29, 0.717) is 11.8 Å². The molecule has 138 valence electrons. The molecule has 3 aromatic rings. The molecule has 3 aromatic carbocycles. The molecule has 1 aliphatic rings. The standard InChI is InChI=1S/C24H25NO2/c26-22-13-11-19(12-14-22)15-23(24-18-27-24)25(16-20-7-3-1-4-8-20)17-21-9-5-2-6-10-21/h1-14,23-24,26H,15-18H2/t23-,24+/m0/s1. The van der Waals surface area contributed by atoms with Crippen LogP contribution in [0.2, 0.25) is 0 Å². The molecule has 1 heterocycles. The van der Waals surface area contributed by atoms with Gasteiger partial charge in [0, 0.05) is 19.1 Å². The van der Waals surface area contributed by atoms with Crippen LogP contribution in [-0.4, -0.2) is 28.8 Å². The Hall–Kier alpha value is -2.62. The number of phenols is 1. The highest BCUT2D eigenvalue weighted by molar-refractivity contribution is 5.27. The number of nitrogens with zero attached hydrogens (tertiary/aromatic N) is 1. The first-order chi connectivity index (χ1) is 13.3. The summed E-state index contributed by atoms with van der Waals surface area (Å²) in [5.74, 6) is 0.309. The molecule has 3 heteroatoms. The van der Waals surface area contributed by atoms with Gasteiger partial charge < -0.3 is 9.84 Å². The van der Waals surface area contributed by atoms with E-state index in [9.17, 15) is 5.11 Å². The second-order valence-corrected chi connectivity index (χ2v) is 7.19. The van der Waals surface area contributed by atoms with Gasteiger partial charge in [0.05, 0.1) is 12.7 Å². The maximum absolute atomic E-state index is 9.58. The Morgan fingerprint density at radius 3 is 1.78 bits per heavy atom. The fourth-order valence-electron chi connectivity index (χ4n) is 3.57. The molecule has 1 aliphatic heterocycles. The van der Waals surface area contributed by atoms with Crippen molar-refractivity contribution < 1.29 is 9.84 Å². The van der Waals surface area contributed by atoms with Crippen LogP contribution < -0.4 is 0 Å². The third kappa shape index (κ3) is 4.97. The molecule has 0 aromatic heterocycles. The minimum Gasteiger partial charge on any atom is -0.508 e. The zero-order valence-electron chi connectivity index (χ0n) is 15.4. The molecule has 3 nitrogen and oxygen atoms in total. The number of rotatable bonds is 8. The summed E-state index contributed by atoms with van der Waals surface area (Å²) < 4.78 is 5.73. The van der Waals surface area contributed by atoms with E-state index in [1.165, 1.54) is 16.7 Å². The fraction of sp³-hybridized carbons (Fsp3) is 0.250. The topological polar surface area (TPSA) is 36.0 Å². The maximum Gasteiger partial charge on any atom is 0.115 e. The van der Waals surface area contributed by atoms with E-state index >= 15 is 0 Å². The Balaban J connectivity index is 1.58. The van der Waals surface area contributed by atoms with Crippen molar-refractivity contribution >= 4 is 0 Å². The quantitative estimate of drug-likeness (QED) is 0.606. The van der Waals surface area contributed by atoms with Crippen LogP contribution in [0.15, 0.2) is 84.9 Å². The van der Waals surface area contributed by atoms with Crippen molar-refractivity contribution in [1.82, 2.24) is 4.90 Å². The van der Waals surface area contributed by atoms with Gasteiger partial charge in [-0.2, -0.15) is 0 Å². The molecule has 1 fully saturated rings. The largest absolute Gasteiger partial charge is 0.508 e. The Morgan fingerprint density at radius 2 is 1.30 bits per heavy atom. The summed E-state index contributed by atoms with van der Waals surface area (Å²) >= 11 is 0. The van der Waals surface area contributed by atoms with E-state index in [1.54, 1.807) is 12.1 Å². The van der Waals surface area contributed by atoms with Crippen molar-refractivity contribution in [2.24, 2.45) is 0 Å². The lowest BCUT2D eigenvalue weighted by Gasteiger charge is -2.31. The Labute approximate surface area is 160 Å². The summed E-state index contributed by atoms with van der Waals surface area (Å²) in [6, 6.07) is 29.1. The first-order valence-corrected chi connectivity index (χ1v) is 9.49. The molecule has 0 bridgehead atoms. The van der Waals surface area contributed by atoms with Crippen molar-refractivity contribution in [1.29, 1.82) is 0 Å². The maximum atomic E-state index is 9.58. The predicted octanol–water partition coefficient (Wildman–Crippen LogP) is 4.40. The van der Waals surface area contributed by atoms with Crippen LogP contribution in [0.3, 0.4) is 0 Å². The number of benzene rings is 3. The van der Waals surface area contributed by atoms with Gasteiger partial charge in [-0.15, -0.1) is 0 Å². The van der Waals surface area contributed by atoms with Crippen LogP contribution in [-0.2, 0) is 24.2 Å². The highest BCUT2D eigenvalue weighted by Gasteiger charge is 2.36. The number of aromatic hydroxyl groups is 1. The Kier molecular flexibility index (Phi) is 5.52. The van der Waals surface area contributed by atoms with Gasteiger partial charge in [0.2, 0.25) is 0 Å². The first-order valence-electron chi connectivity index (χ1n) is 9.49. The van der Waals surface area contributed by atoms with Gasteiger partial charge in [0.1, 0.15) is 5.75 Å². The zero-order valence-corrected chi connectivity index (χ0v) is 15.4. The number of hydrogen-bond donors (Lipinski definition) is 1. The summed E-state index contributed by atoms with van der Waals surface area (Å²) in [7, 11) is 0. The molecule has 1 saturated heterocycles. The zero-order chi connectivity index (χ0) is 18.5. The molecular formula is C24H25NO2. The average Bonchev–Trinajstić information content (AvgIpc) is 3.54. The fourth-order valence-corrected chi connectivity index (χ4v) is 3.57. The molecule has 0 radical (unpaired) electrons. The number of hydrogen-bond acceptors (Lipinski definition) is 3. The lowest BCUT2D eigenvalue weighted by atomic mass is 10.00. The van der Waals surface area contributed by atoms with Gasteiger partial charge in [-0.25, -0.2) is 0 Å². The van der Waals surface area contributed by atoms with E-state index in [1.807, 2.05) is 12.1 Å². The molecule has 0 aliphatic carbocycles. The minimum atomic E-state index is 0.270. The average molecular weight is 359 g/mol. The molecule has 4 rings (SSSR count). The lowest BCUT2D eigenvalue weighted by molar-refractivity contribution is 0.144. The van der Waals surface area contributed by atoms with Crippen LogP contribution in [0.4, 0.5) is 0 Å². The summed E-state index contributed by atoms with van der Waals surface area (Å²) in [6.07, 6.45) is 1.18. The van der Waals surface area contributed by atoms with E-state index in [4.69, 9.17) is 4.74 Å². The van der Waals surface area contributed by atoms with Crippen molar-refractivity contribution in [2.45, 2.75) is 31.7 Å². The predicted molar refractivity (Wildman–Crippen MR) is 107 cm³/mol. The van der Waals surface area contributed by atoms with Crippen LogP contribution in [0.25, 0.3) is 0 Å². The highest BCUT2D eigenvalue weighted by Crippen LogP contribution is 2.27. The van der Waals surface area contributed by atoms with Crippen molar-refractivity contribution in [3.63, 3.8) is 0 Å². The highest BCUT2D eigenvalue weighted by atomic mass is 16.6. The van der Waals surface area contributed by atoms with Gasteiger partial charge in [0.15, 0.2) is 0 Å². The Morgan fingerprint density at radius 1 is 0.778 bits per heavy atom. The molecule has 2 atom stereocenters. The number of ether oxygens (including phenoxy) is 1. The van der Waals surface area contributed by atoms with Gasteiger partial charge in [-0.05, 0) is 35.2 Å². The van der Waals surface area contributed by atoms with Gasteiger partial charge in [-0.3, -0.25) is 4.90 Å². The van der Waals surface area contributed by atoms with E-state index in [-0.39, 0.29) is 6.10 Å². The summed E-state index contributed by atoms with van der Waals surface area (Å²) in [6.45, 7) is 2.60. The second kappa shape index (κ2) is 8.38. The molecule has 0 saturated carbocycles. The molecule has 0 spiro atoms. The summed E-state index contributed by atoms with van der Waals surface area (Å²) in [5.41, 5.74) is 3.84. The van der Waals surface area contributed by atoms with Gasteiger partial charge >= 0.3 is 0 Å². The number of epoxide rings is 1. The van der Waals surface area contributed by atoms with Crippen molar-refractivity contribution in [3.05, 3.63) is 102 Å². The molecule has 27 heavy (non-hydrogen) atoms. The number of phenolic OH excluding ortho intramolecular Hbond substituents is 1. The van der Waals surface area contributed by atoms with E-state index in [0.717, 1.165) is 26.1 Å². The Bertz CT molecular complexity index is 788. The normalized spacial score (nSPS) is 17.0. The summed E-state index contributed by atoms with van der Waals surface area (Å²) in [4.78, 5) is 2.52. The van der Waals surface area contributed by atoms with Crippen LogP contribution in [0.5, 0.6) is 5.75 Å². The minimum absolute atomic E-state index is 0.270. The smallest absolute Gasteiger partial charge is 0.115 e. The van der Waals surface area contributed by atoms with Crippen molar-refractivity contribution in [3.8, 4) is 5.75 Å². The second-order valence-electron chi connectivity index (χ2n) is 7.19. The van der Waals surface area contributed by atoms with Crippen LogP contribution in [0.1, 0.15) is 16.7 Å². The van der Waals surface area contributed by atoms with E-state index < -0.39 is 0 Å². The molecular weight excluding hydrogens is 334 g/mol. The monoisotopic (exact) mass is 359 g/mol. The summed E-state index contributed by atoms with van der Waals surface area (Å²) in [5, 5.41) is 9.58. The van der Waals surface area contributed by atoms with Crippen LogP contribution >= 0.6 is 0 Å². The van der Waals surface area contributed by atoms with Crippen molar-refractivity contribution in [2.75, 3.05) is 6.61 Å². The van der Waals surface area contributed by atoms with Gasteiger partial charge in [-0.1, -0.05) is 72.8 Å². The third-order valence-corrected chi connectivity index (χ3v) is 5.10. The lowest BCUT2D eigenvalue weighted by Crippen LogP contribution is -2.40. The molecule has 0 amide bonds. The van der Waals surface area contributed by atoms with Gasteiger partial charge in [0.25, 0.3) is 0 Å². The SMILES string of the molecule is Oc1ccc(C[C@@H]([C@H]2CO2)N(Cc2ccccc2)Cc2ccccc2)cc1. The third-order valence-electron chi connectivity index (χ3n) is 5.10. The first kappa shape index (κ1) is 17.8. The van der Waals surface area contributed by atoms with Crippen LogP contribution in [0, 0.1) is 0 Å². The molecule has 0 unspecified atom stereocenters. The molecule has 1 N–H and O–H groups in total. The van der Waals surface area contributed by atoms with E-state index in [2.05, 4.69) is 65.6 Å².